The molecule has 0 amide bonds. The number of aromatic nitrogens is 2. The van der Waals surface area contributed by atoms with E-state index in [0.29, 0.717) is 24.7 Å². The fraction of sp³-hybridized carbons (Fsp3) is 0.333. The first kappa shape index (κ1) is 12.3. The van der Waals surface area contributed by atoms with Gasteiger partial charge in [0.15, 0.2) is 5.82 Å². The van der Waals surface area contributed by atoms with Crippen LogP contribution in [0.4, 0.5) is 0 Å². The summed E-state index contributed by atoms with van der Waals surface area (Å²) in [7, 11) is 0. The predicted molar refractivity (Wildman–Crippen MR) is 68.7 cm³/mol. The Morgan fingerprint density at radius 1 is 1.47 bits per heavy atom. The number of hydrogen-bond donors (Lipinski definition) is 1. The highest BCUT2D eigenvalue weighted by Crippen LogP contribution is 2.16. The maximum atomic E-state index is 5.55. The van der Waals surface area contributed by atoms with Gasteiger partial charge in [0.25, 0.3) is 0 Å². The van der Waals surface area contributed by atoms with Crippen molar-refractivity contribution in [2.45, 2.75) is 19.3 Å². The third kappa shape index (κ3) is 3.14. The molecule has 17 heavy (non-hydrogen) atoms. The first-order chi connectivity index (χ1) is 8.19. The van der Waals surface area contributed by atoms with Crippen molar-refractivity contribution < 1.29 is 4.52 Å². The van der Waals surface area contributed by atoms with Gasteiger partial charge in [-0.05, 0) is 17.7 Å². The Bertz CT molecular complexity index is 498. The van der Waals surface area contributed by atoms with Crippen LogP contribution in [0.3, 0.4) is 0 Å². The van der Waals surface area contributed by atoms with Gasteiger partial charge in [-0.25, -0.2) is 0 Å². The first-order valence-electron chi connectivity index (χ1n) is 5.46. The molecule has 1 heterocycles. The normalized spacial score (nSPS) is 12.6. The largest absolute Gasteiger partial charge is 0.339 e. The molecule has 90 valence electrons. The van der Waals surface area contributed by atoms with Crippen molar-refractivity contribution in [3.8, 4) is 0 Å². The molecular weight excluding hydrogens is 282 g/mol. The van der Waals surface area contributed by atoms with Crippen molar-refractivity contribution in [2.75, 3.05) is 6.54 Å². The summed E-state index contributed by atoms with van der Waals surface area (Å²) in [6, 6.07) is 8.06. The van der Waals surface area contributed by atoms with Crippen molar-refractivity contribution >= 4 is 15.9 Å². The lowest BCUT2D eigenvalue weighted by molar-refractivity contribution is 0.357. The van der Waals surface area contributed by atoms with Crippen molar-refractivity contribution in [1.29, 1.82) is 0 Å². The quantitative estimate of drug-likeness (QED) is 0.941. The van der Waals surface area contributed by atoms with Crippen LogP contribution >= 0.6 is 15.9 Å². The van der Waals surface area contributed by atoms with E-state index in [1.807, 2.05) is 31.2 Å². The molecule has 0 radical (unpaired) electrons. The van der Waals surface area contributed by atoms with Crippen LogP contribution < -0.4 is 5.73 Å². The molecule has 1 atom stereocenters. The molecule has 1 aromatic heterocycles. The molecule has 0 aliphatic rings. The van der Waals surface area contributed by atoms with Crippen LogP contribution in [0.2, 0.25) is 0 Å². The van der Waals surface area contributed by atoms with Gasteiger partial charge < -0.3 is 10.3 Å². The van der Waals surface area contributed by atoms with E-state index >= 15 is 0 Å². The van der Waals surface area contributed by atoms with Crippen LogP contribution in [0, 0.1) is 0 Å². The van der Waals surface area contributed by atoms with E-state index < -0.39 is 0 Å². The Morgan fingerprint density at radius 3 is 3.00 bits per heavy atom. The lowest BCUT2D eigenvalue weighted by Crippen LogP contribution is -2.09. The average molecular weight is 296 g/mol. The molecule has 4 nitrogen and oxygen atoms in total. The fourth-order valence-corrected chi connectivity index (χ4v) is 1.92. The van der Waals surface area contributed by atoms with Gasteiger partial charge >= 0.3 is 0 Å². The summed E-state index contributed by atoms with van der Waals surface area (Å²) in [5, 5.41) is 3.95. The summed E-state index contributed by atoms with van der Waals surface area (Å²) < 4.78 is 6.22. The van der Waals surface area contributed by atoms with Gasteiger partial charge in [0.05, 0.1) is 0 Å². The molecule has 1 unspecified atom stereocenters. The SMILES string of the molecule is CC(CN)c1nc(Cc2cccc(Br)c2)no1. The first-order valence-corrected chi connectivity index (χ1v) is 6.25. The van der Waals surface area contributed by atoms with Gasteiger partial charge in [-0.15, -0.1) is 0 Å². The summed E-state index contributed by atoms with van der Waals surface area (Å²) in [4.78, 5) is 4.33. The summed E-state index contributed by atoms with van der Waals surface area (Å²) in [5.74, 6) is 1.41. The Labute approximate surface area is 108 Å². The van der Waals surface area contributed by atoms with E-state index in [1.165, 1.54) is 0 Å². The minimum absolute atomic E-state index is 0.110. The molecule has 1 aromatic carbocycles. The van der Waals surface area contributed by atoms with E-state index in [-0.39, 0.29) is 5.92 Å². The van der Waals surface area contributed by atoms with Gasteiger partial charge in [0.1, 0.15) is 0 Å². The fourth-order valence-electron chi connectivity index (χ4n) is 1.47. The lowest BCUT2D eigenvalue weighted by atomic mass is 10.1. The number of nitrogens with zero attached hydrogens (tertiary/aromatic N) is 2. The highest BCUT2D eigenvalue weighted by atomic mass is 79.9. The molecule has 2 N–H and O–H groups in total. The Balaban J connectivity index is 2.11. The van der Waals surface area contributed by atoms with E-state index in [9.17, 15) is 0 Å². The molecule has 0 bridgehead atoms. The summed E-state index contributed by atoms with van der Waals surface area (Å²) in [5.41, 5.74) is 6.70. The van der Waals surface area contributed by atoms with Crippen LogP contribution in [-0.4, -0.2) is 16.7 Å². The van der Waals surface area contributed by atoms with Crippen LogP contribution in [0.25, 0.3) is 0 Å². The van der Waals surface area contributed by atoms with Crippen LogP contribution in [0.5, 0.6) is 0 Å². The smallest absolute Gasteiger partial charge is 0.230 e. The van der Waals surface area contributed by atoms with Gasteiger partial charge in [0, 0.05) is 23.4 Å². The Hall–Kier alpha value is -1.20. The molecule has 0 saturated carbocycles. The summed E-state index contributed by atoms with van der Waals surface area (Å²) >= 11 is 3.43. The molecule has 0 aliphatic heterocycles. The number of rotatable bonds is 4. The third-order valence-electron chi connectivity index (χ3n) is 2.51. The zero-order valence-corrected chi connectivity index (χ0v) is 11.1. The highest BCUT2D eigenvalue weighted by molar-refractivity contribution is 9.10. The van der Waals surface area contributed by atoms with Gasteiger partial charge in [0.2, 0.25) is 5.89 Å². The maximum absolute atomic E-state index is 5.55. The van der Waals surface area contributed by atoms with Gasteiger partial charge in [-0.3, -0.25) is 0 Å². The number of hydrogen-bond acceptors (Lipinski definition) is 4. The Morgan fingerprint density at radius 2 is 2.29 bits per heavy atom. The van der Waals surface area contributed by atoms with Crippen LogP contribution in [-0.2, 0) is 6.42 Å². The van der Waals surface area contributed by atoms with E-state index in [4.69, 9.17) is 10.3 Å². The number of nitrogens with two attached hydrogens (primary N) is 1. The zero-order chi connectivity index (χ0) is 12.3. The molecule has 2 rings (SSSR count). The van der Waals surface area contributed by atoms with E-state index in [1.54, 1.807) is 0 Å². The van der Waals surface area contributed by atoms with Crippen molar-refractivity contribution in [2.24, 2.45) is 5.73 Å². The molecule has 0 spiro atoms. The van der Waals surface area contributed by atoms with Gasteiger partial charge in [-0.1, -0.05) is 40.1 Å². The number of halogens is 1. The van der Waals surface area contributed by atoms with Crippen molar-refractivity contribution in [3.05, 3.63) is 46.0 Å². The van der Waals surface area contributed by atoms with E-state index in [0.717, 1.165) is 10.0 Å². The second-order valence-electron chi connectivity index (χ2n) is 3.99. The molecule has 0 fully saturated rings. The average Bonchev–Trinajstić information content (AvgIpc) is 2.76. The lowest BCUT2D eigenvalue weighted by Gasteiger charge is -1.99. The third-order valence-corrected chi connectivity index (χ3v) is 3.00. The summed E-state index contributed by atoms with van der Waals surface area (Å²) in [6.45, 7) is 2.48. The van der Waals surface area contributed by atoms with Crippen molar-refractivity contribution in [1.82, 2.24) is 10.1 Å². The highest BCUT2D eigenvalue weighted by Gasteiger charge is 2.12. The molecule has 2 aromatic rings. The maximum Gasteiger partial charge on any atom is 0.230 e. The van der Waals surface area contributed by atoms with Gasteiger partial charge in [-0.2, -0.15) is 4.98 Å². The standard InChI is InChI=1S/C12H14BrN3O/c1-8(7-14)12-15-11(16-17-12)6-9-3-2-4-10(13)5-9/h2-5,8H,6-7,14H2,1H3. The zero-order valence-electron chi connectivity index (χ0n) is 9.56. The second-order valence-corrected chi connectivity index (χ2v) is 4.91. The Kier molecular flexibility index (Phi) is 3.91. The monoisotopic (exact) mass is 295 g/mol. The van der Waals surface area contributed by atoms with E-state index in [2.05, 4.69) is 26.1 Å². The topological polar surface area (TPSA) is 64.9 Å². The van der Waals surface area contributed by atoms with Crippen LogP contribution in [0.15, 0.2) is 33.3 Å². The van der Waals surface area contributed by atoms with Crippen LogP contribution in [0.1, 0.15) is 30.1 Å². The molecule has 0 aliphatic carbocycles. The van der Waals surface area contributed by atoms with Crippen molar-refractivity contribution in [3.63, 3.8) is 0 Å². The molecule has 5 heteroatoms. The second kappa shape index (κ2) is 5.42. The minimum atomic E-state index is 0.110. The predicted octanol–water partition coefficient (Wildman–Crippen LogP) is 2.49. The molecule has 0 saturated heterocycles. The number of benzene rings is 1. The minimum Gasteiger partial charge on any atom is -0.339 e. The molecular formula is C12H14BrN3O. The summed E-state index contributed by atoms with van der Waals surface area (Å²) in [6.07, 6.45) is 0.667.